The maximum Gasteiger partial charge on any atom is 0.340 e. The van der Waals surface area contributed by atoms with Crippen molar-refractivity contribution in [2.45, 2.75) is 38.6 Å². The molecule has 0 saturated heterocycles. The molecule has 2 saturated carbocycles. The number of nitrogens with one attached hydrogen (secondary N) is 1. The van der Waals surface area contributed by atoms with Crippen molar-refractivity contribution in [1.29, 1.82) is 0 Å². The molecule has 1 aromatic rings. The van der Waals surface area contributed by atoms with Crippen LogP contribution < -0.4 is 11.1 Å². The number of fused-ring (bicyclic) bond motifs is 2. The van der Waals surface area contributed by atoms with E-state index in [0.717, 1.165) is 11.8 Å². The number of rotatable bonds is 4. The Balaban J connectivity index is 1.71. The first-order valence-corrected chi connectivity index (χ1v) is 7.69. The molecule has 2 aliphatic rings. The Kier molecular flexibility index (Phi) is 3.74. The number of aromatic nitrogens is 1. The third-order valence-electron chi connectivity index (χ3n) is 5.15. The summed E-state index contributed by atoms with van der Waals surface area (Å²) in [6.07, 6.45) is 6.99. The molecule has 5 nitrogen and oxygen atoms in total. The van der Waals surface area contributed by atoms with E-state index < -0.39 is 5.97 Å². The Morgan fingerprint density at radius 1 is 1.48 bits per heavy atom. The van der Waals surface area contributed by atoms with E-state index in [2.05, 4.69) is 17.2 Å². The van der Waals surface area contributed by atoms with E-state index in [-0.39, 0.29) is 0 Å². The number of esters is 1. The predicted molar refractivity (Wildman–Crippen MR) is 82.0 cm³/mol. The van der Waals surface area contributed by atoms with Gasteiger partial charge in [-0.2, -0.15) is 0 Å². The van der Waals surface area contributed by atoms with Gasteiger partial charge in [0.05, 0.1) is 24.6 Å². The van der Waals surface area contributed by atoms with E-state index in [9.17, 15) is 4.79 Å². The number of hydrogen-bond acceptors (Lipinski definition) is 5. The molecule has 0 amide bonds. The van der Waals surface area contributed by atoms with Gasteiger partial charge in [0.2, 0.25) is 0 Å². The summed E-state index contributed by atoms with van der Waals surface area (Å²) < 4.78 is 4.74. The van der Waals surface area contributed by atoms with Crippen molar-refractivity contribution in [2.75, 3.05) is 18.2 Å². The second-order valence-electron chi connectivity index (χ2n) is 6.42. The number of carbonyl (C=O) groups is 1. The monoisotopic (exact) mass is 289 g/mol. The molecule has 5 heteroatoms. The van der Waals surface area contributed by atoms with Gasteiger partial charge in [-0.05, 0) is 50.0 Å². The minimum Gasteiger partial charge on any atom is -0.465 e. The molecule has 2 bridgehead atoms. The summed E-state index contributed by atoms with van der Waals surface area (Å²) in [5.74, 6) is 2.76. The van der Waals surface area contributed by atoms with Crippen LogP contribution in [0, 0.1) is 17.8 Å². The zero-order valence-electron chi connectivity index (χ0n) is 12.6. The van der Waals surface area contributed by atoms with Crippen molar-refractivity contribution in [1.82, 2.24) is 4.98 Å². The molecule has 114 valence electrons. The molecule has 21 heavy (non-hydrogen) atoms. The lowest BCUT2D eigenvalue weighted by Crippen LogP contribution is -2.30. The van der Waals surface area contributed by atoms with Crippen LogP contribution in [0.1, 0.15) is 43.0 Å². The van der Waals surface area contributed by atoms with Crippen molar-refractivity contribution >= 4 is 17.5 Å². The van der Waals surface area contributed by atoms with E-state index in [1.807, 2.05) is 0 Å². The van der Waals surface area contributed by atoms with Crippen molar-refractivity contribution in [3.8, 4) is 0 Å². The number of nitrogens with zero attached hydrogens (tertiary/aromatic N) is 1. The first-order chi connectivity index (χ1) is 10.1. The summed E-state index contributed by atoms with van der Waals surface area (Å²) in [4.78, 5) is 16.0. The summed E-state index contributed by atoms with van der Waals surface area (Å²) in [7, 11) is 1.35. The van der Waals surface area contributed by atoms with Crippen LogP contribution in [-0.2, 0) is 4.74 Å². The summed E-state index contributed by atoms with van der Waals surface area (Å²) in [5.41, 5.74) is 6.49. The van der Waals surface area contributed by atoms with Crippen LogP contribution in [-0.4, -0.2) is 24.1 Å². The van der Waals surface area contributed by atoms with Gasteiger partial charge in [-0.1, -0.05) is 6.42 Å². The van der Waals surface area contributed by atoms with Crippen LogP contribution in [0.4, 0.5) is 11.5 Å². The van der Waals surface area contributed by atoms with Gasteiger partial charge in [0.15, 0.2) is 0 Å². The molecule has 0 radical (unpaired) electrons. The molecule has 1 heterocycles. The lowest BCUT2D eigenvalue weighted by atomic mass is 9.84. The topological polar surface area (TPSA) is 77.2 Å². The van der Waals surface area contributed by atoms with Crippen LogP contribution in [0.5, 0.6) is 0 Å². The normalized spacial score (nSPS) is 28.4. The first-order valence-electron chi connectivity index (χ1n) is 7.69. The second-order valence-corrected chi connectivity index (χ2v) is 6.42. The Bertz CT molecular complexity index is 546. The summed E-state index contributed by atoms with van der Waals surface area (Å²) in [6.45, 7) is 2.21. The van der Waals surface area contributed by atoms with Gasteiger partial charge in [0.1, 0.15) is 5.82 Å². The molecular formula is C16H23N3O2. The SMILES string of the molecule is COC(=O)c1cc(NC(C)C2CC3CCC2C3)ncc1N. The number of ether oxygens (including phenoxy) is 1. The van der Waals surface area contributed by atoms with Crippen LogP contribution in [0.15, 0.2) is 12.3 Å². The zero-order valence-corrected chi connectivity index (χ0v) is 12.6. The van der Waals surface area contributed by atoms with Crippen molar-refractivity contribution in [2.24, 2.45) is 17.8 Å². The summed E-state index contributed by atoms with van der Waals surface area (Å²) in [6, 6.07) is 2.05. The predicted octanol–water partition coefficient (Wildman–Crippen LogP) is 2.69. The van der Waals surface area contributed by atoms with Crippen molar-refractivity contribution in [3.63, 3.8) is 0 Å². The second kappa shape index (κ2) is 5.54. The minimum atomic E-state index is -0.425. The third-order valence-corrected chi connectivity index (χ3v) is 5.15. The highest BCUT2D eigenvalue weighted by atomic mass is 16.5. The number of nitrogen functional groups attached to an aromatic ring is 1. The first kappa shape index (κ1) is 14.2. The summed E-state index contributed by atoms with van der Waals surface area (Å²) >= 11 is 0. The average Bonchev–Trinajstić information content (AvgIpc) is 3.11. The lowest BCUT2D eigenvalue weighted by Gasteiger charge is -2.29. The highest BCUT2D eigenvalue weighted by molar-refractivity contribution is 5.95. The van der Waals surface area contributed by atoms with E-state index in [4.69, 9.17) is 10.5 Å². The summed E-state index contributed by atoms with van der Waals surface area (Å²) in [5, 5.41) is 3.44. The average molecular weight is 289 g/mol. The van der Waals surface area contributed by atoms with Crippen LogP contribution in [0.3, 0.4) is 0 Å². The number of anilines is 2. The molecule has 0 aromatic carbocycles. The number of hydrogen-bond donors (Lipinski definition) is 2. The van der Waals surface area contributed by atoms with Gasteiger partial charge in [-0.25, -0.2) is 9.78 Å². The number of carbonyl (C=O) groups excluding carboxylic acids is 1. The van der Waals surface area contributed by atoms with Crippen LogP contribution in [0.25, 0.3) is 0 Å². The fraction of sp³-hybridized carbons (Fsp3) is 0.625. The molecule has 0 spiro atoms. The Morgan fingerprint density at radius 2 is 2.29 bits per heavy atom. The lowest BCUT2D eigenvalue weighted by molar-refractivity contribution is 0.0602. The minimum absolute atomic E-state index is 0.347. The molecule has 4 atom stereocenters. The van der Waals surface area contributed by atoms with Crippen LogP contribution in [0.2, 0.25) is 0 Å². The molecule has 0 aliphatic heterocycles. The fourth-order valence-corrected chi connectivity index (χ4v) is 4.08. The highest BCUT2D eigenvalue weighted by Gasteiger charge is 2.41. The maximum absolute atomic E-state index is 11.7. The van der Waals surface area contributed by atoms with Crippen molar-refractivity contribution in [3.05, 3.63) is 17.8 Å². The standard InChI is InChI=1S/C16H23N3O2/c1-9(12-6-10-3-4-11(12)5-10)19-15-7-13(16(20)21-2)14(17)8-18-15/h7-12H,3-6,17H2,1-2H3,(H,18,19). The molecule has 1 aromatic heterocycles. The van der Waals surface area contributed by atoms with E-state index >= 15 is 0 Å². The largest absolute Gasteiger partial charge is 0.465 e. The van der Waals surface area contributed by atoms with E-state index in [1.165, 1.54) is 39.0 Å². The number of methoxy groups -OCH3 is 1. The molecule has 2 aliphatic carbocycles. The van der Waals surface area contributed by atoms with Gasteiger partial charge in [-0.3, -0.25) is 0 Å². The third kappa shape index (κ3) is 2.69. The van der Waals surface area contributed by atoms with Gasteiger partial charge in [0, 0.05) is 6.04 Å². The van der Waals surface area contributed by atoms with Gasteiger partial charge in [0.25, 0.3) is 0 Å². The Hall–Kier alpha value is -1.78. The van der Waals surface area contributed by atoms with Crippen molar-refractivity contribution < 1.29 is 9.53 Å². The van der Waals surface area contributed by atoms with Gasteiger partial charge < -0.3 is 15.8 Å². The number of nitrogens with two attached hydrogens (primary N) is 1. The molecule has 2 fully saturated rings. The smallest absolute Gasteiger partial charge is 0.340 e. The Morgan fingerprint density at radius 3 is 2.90 bits per heavy atom. The van der Waals surface area contributed by atoms with Gasteiger partial charge >= 0.3 is 5.97 Å². The zero-order chi connectivity index (χ0) is 15.0. The highest BCUT2D eigenvalue weighted by Crippen LogP contribution is 2.49. The molecule has 4 unspecified atom stereocenters. The van der Waals surface area contributed by atoms with E-state index in [0.29, 0.717) is 29.0 Å². The number of pyridine rings is 1. The van der Waals surface area contributed by atoms with Gasteiger partial charge in [-0.15, -0.1) is 0 Å². The van der Waals surface area contributed by atoms with E-state index in [1.54, 1.807) is 6.07 Å². The molecule has 3 N–H and O–H groups in total. The van der Waals surface area contributed by atoms with Crippen LogP contribution >= 0.6 is 0 Å². The molecular weight excluding hydrogens is 266 g/mol. The fourth-order valence-electron chi connectivity index (χ4n) is 4.08. The molecule has 3 rings (SSSR count). The quantitative estimate of drug-likeness (QED) is 0.833. The Labute approximate surface area is 125 Å². The maximum atomic E-state index is 11.7.